The van der Waals surface area contributed by atoms with E-state index in [1.165, 1.54) is 6.26 Å². The van der Waals surface area contributed by atoms with Crippen LogP contribution in [0.15, 0.2) is 16.7 Å². The van der Waals surface area contributed by atoms with Crippen molar-refractivity contribution in [2.24, 2.45) is 0 Å². The second-order valence-electron chi connectivity index (χ2n) is 4.35. The summed E-state index contributed by atoms with van der Waals surface area (Å²) in [5.74, 6) is -2.36. The number of hydrogen-bond donors (Lipinski definition) is 2. The number of carbonyl (C=O) groups is 2. The Morgan fingerprint density at radius 1 is 1.42 bits per heavy atom. The summed E-state index contributed by atoms with van der Waals surface area (Å²) in [6.07, 6.45) is -2.46. The third-order valence-corrected chi connectivity index (χ3v) is 2.54. The number of hydrogen-bond acceptors (Lipinski definition) is 3. The molecule has 0 aliphatic carbocycles. The predicted octanol–water partition coefficient (Wildman–Crippen LogP) is 2.24. The molecule has 0 fully saturated rings. The molecule has 1 atom stereocenters. The number of carbonyl (C=O) groups excluding carboxylic acids is 1. The van der Waals surface area contributed by atoms with Crippen molar-refractivity contribution in [1.29, 1.82) is 0 Å². The molecule has 0 aromatic carbocycles. The van der Waals surface area contributed by atoms with Crippen molar-refractivity contribution in [3.63, 3.8) is 0 Å². The van der Waals surface area contributed by atoms with E-state index in [1.54, 1.807) is 6.07 Å². The van der Waals surface area contributed by atoms with Crippen LogP contribution in [0.4, 0.5) is 8.78 Å². The average Bonchev–Trinajstić information content (AvgIpc) is 2.76. The fraction of sp³-hybridized carbons (Fsp3) is 0.500. The van der Waals surface area contributed by atoms with Gasteiger partial charge in [0.2, 0.25) is 6.43 Å². The molecular formula is C12H15F2NO4. The van der Waals surface area contributed by atoms with Gasteiger partial charge in [-0.1, -0.05) is 13.8 Å². The summed E-state index contributed by atoms with van der Waals surface area (Å²) in [7, 11) is 0. The topological polar surface area (TPSA) is 79.5 Å². The lowest BCUT2D eigenvalue weighted by molar-refractivity contribution is -0.140. The summed E-state index contributed by atoms with van der Waals surface area (Å²) >= 11 is 0. The zero-order valence-corrected chi connectivity index (χ0v) is 10.5. The van der Waals surface area contributed by atoms with Crippen LogP contribution in [0.2, 0.25) is 0 Å². The Labute approximate surface area is 108 Å². The van der Waals surface area contributed by atoms with E-state index >= 15 is 0 Å². The van der Waals surface area contributed by atoms with Gasteiger partial charge >= 0.3 is 5.97 Å². The molecule has 19 heavy (non-hydrogen) atoms. The molecule has 7 heteroatoms. The molecule has 0 saturated carbocycles. The molecule has 0 aliphatic rings. The van der Waals surface area contributed by atoms with Gasteiger partial charge in [-0.2, -0.15) is 0 Å². The van der Waals surface area contributed by atoms with Crippen LogP contribution in [0.5, 0.6) is 0 Å². The molecule has 1 amide bonds. The smallest absolute Gasteiger partial charge is 0.326 e. The zero-order valence-electron chi connectivity index (χ0n) is 10.5. The third-order valence-electron chi connectivity index (χ3n) is 2.54. The summed E-state index contributed by atoms with van der Waals surface area (Å²) in [6, 6.07) is -0.0553. The summed E-state index contributed by atoms with van der Waals surface area (Å²) in [4.78, 5) is 22.6. The fourth-order valence-corrected chi connectivity index (χ4v) is 1.58. The summed E-state index contributed by atoms with van der Waals surface area (Å²) in [5, 5.41) is 10.8. The van der Waals surface area contributed by atoms with Gasteiger partial charge in [-0.3, -0.25) is 4.79 Å². The first-order valence-electron chi connectivity index (χ1n) is 5.72. The number of rotatable bonds is 6. The van der Waals surface area contributed by atoms with Crippen LogP contribution < -0.4 is 5.32 Å². The van der Waals surface area contributed by atoms with Crippen molar-refractivity contribution in [2.45, 2.75) is 38.7 Å². The highest BCUT2D eigenvalue weighted by Gasteiger charge is 2.27. The van der Waals surface area contributed by atoms with E-state index in [0.29, 0.717) is 5.56 Å². The van der Waals surface area contributed by atoms with E-state index in [0.717, 1.165) is 0 Å². The number of aliphatic carboxylic acids is 1. The van der Waals surface area contributed by atoms with Crippen molar-refractivity contribution in [1.82, 2.24) is 5.32 Å². The van der Waals surface area contributed by atoms with Gasteiger partial charge < -0.3 is 14.8 Å². The molecule has 106 valence electrons. The predicted molar refractivity (Wildman–Crippen MR) is 62.3 cm³/mol. The molecule has 1 heterocycles. The first-order chi connectivity index (χ1) is 8.82. The molecule has 0 spiro atoms. The number of halogens is 2. The van der Waals surface area contributed by atoms with Crippen LogP contribution in [-0.4, -0.2) is 29.5 Å². The van der Waals surface area contributed by atoms with Gasteiger partial charge in [0.15, 0.2) is 5.76 Å². The Morgan fingerprint density at radius 2 is 2.05 bits per heavy atom. The van der Waals surface area contributed by atoms with E-state index in [9.17, 15) is 18.4 Å². The van der Waals surface area contributed by atoms with Gasteiger partial charge in [0.05, 0.1) is 6.26 Å². The number of nitrogens with one attached hydrogen (secondary N) is 1. The maximum Gasteiger partial charge on any atom is 0.326 e. The molecule has 1 rings (SSSR count). The second kappa shape index (κ2) is 6.31. The van der Waals surface area contributed by atoms with Gasteiger partial charge in [0.1, 0.15) is 6.04 Å². The molecule has 0 saturated heterocycles. The molecular weight excluding hydrogens is 260 g/mol. The second-order valence-corrected chi connectivity index (χ2v) is 4.35. The maximum atomic E-state index is 12.2. The van der Waals surface area contributed by atoms with Crippen molar-refractivity contribution < 1.29 is 27.9 Å². The van der Waals surface area contributed by atoms with Crippen molar-refractivity contribution in [3.8, 4) is 0 Å². The Morgan fingerprint density at radius 3 is 2.53 bits per heavy atom. The lowest BCUT2D eigenvalue weighted by Gasteiger charge is -2.14. The van der Waals surface area contributed by atoms with Crippen molar-refractivity contribution >= 4 is 11.9 Å². The molecule has 1 aromatic rings. The van der Waals surface area contributed by atoms with E-state index in [-0.39, 0.29) is 11.7 Å². The van der Waals surface area contributed by atoms with Gasteiger partial charge in [-0.25, -0.2) is 13.6 Å². The Kier molecular flexibility index (Phi) is 5.02. The number of amides is 1. The molecule has 1 unspecified atom stereocenters. The Balaban J connectivity index is 2.82. The van der Waals surface area contributed by atoms with Crippen LogP contribution in [0.3, 0.4) is 0 Å². The van der Waals surface area contributed by atoms with Crippen LogP contribution in [0.1, 0.15) is 42.3 Å². The first-order valence-corrected chi connectivity index (χ1v) is 5.72. The van der Waals surface area contributed by atoms with E-state index in [2.05, 4.69) is 0 Å². The quantitative estimate of drug-likeness (QED) is 0.834. The van der Waals surface area contributed by atoms with E-state index in [4.69, 9.17) is 9.52 Å². The SMILES string of the molecule is CC(C)c1ccoc1C(=O)NC(CC(F)F)C(=O)O. The molecule has 1 aromatic heterocycles. The lowest BCUT2D eigenvalue weighted by atomic mass is 10.0. The highest BCUT2D eigenvalue weighted by molar-refractivity contribution is 5.95. The van der Waals surface area contributed by atoms with Crippen LogP contribution in [0, 0.1) is 0 Å². The van der Waals surface area contributed by atoms with Gasteiger partial charge in [0, 0.05) is 12.0 Å². The van der Waals surface area contributed by atoms with Crippen LogP contribution in [0.25, 0.3) is 0 Å². The number of carboxylic acid groups (broad SMARTS) is 1. The van der Waals surface area contributed by atoms with Crippen molar-refractivity contribution in [2.75, 3.05) is 0 Å². The zero-order chi connectivity index (χ0) is 14.6. The lowest BCUT2D eigenvalue weighted by Crippen LogP contribution is -2.42. The summed E-state index contributed by atoms with van der Waals surface area (Å²) in [5.41, 5.74) is 0.596. The first kappa shape index (κ1) is 15.1. The van der Waals surface area contributed by atoms with E-state index in [1.807, 2.05) is 19.2 Å². The van der Waals surface area contributed by atoms with Gasteiger partial charge in [-0.15, -0.1) is 0 Å². The average molecular weight is 275 g/mol. The minimum absolute atomic E-state index is 0.00197. The monoisotopic (exact) mass is 275 g/mol. The highest BCUT2D eigenvalue weighted by atomic mass is 19.3. The van der Waals surface area contributed by atoms with Crippen molar-refractivity contribution in [3.05, 3.63) is 23.7 Å². The van der Waals surface area contributed by atoms with Crippen LogP contribution >= 0.6 is 0 Å². The van der Waals surface area contributed by atoms with Gasteiger partial charge in [-0.05, 0) is 12.0 Å². The minimum atomic E-state index is -2.82. The number of alkyl halides is 2. The summed E-state index contributed by atoms with van der Waals surface area (Å²) < 4.78 is 29.4. The largest absolute Gasteiger partial charge is 0.480 e. The molecule has 5 nitrogen and oxygen atoms in total. The molecule has 2 N–H and O–H groups in total. The third kappa shape index (κ3) is 4.04. The number of carboxylic acids is 1. The van der Waals surface area contributed by atoms with Crippen LogP contribution in [-0.2, 0) is 4.79 Å². The van der Waals surface area contributed by atoms with Gasteiger partial charge in [0.25, 0.3) is 5.91 Å². The maximum absolute atomic E-state index is 12.2. The van der Waals surface area contributed by atoms with E-state index < -0.39 is 30.8 Å². The Hall–Kier alpha value is -1.92. The molecule has 0 bridgehead atoms. The molecule has 0 radical (unpaired) electrons. The minimum Gasteiger partial charge on any atom is -0.480 e. The Bertz CT molecular complexity index is 456. The number of furan rings is 1. The highest BCUT2D eigenvalue weighted by Crippen LogP contribution is 2.20. The standard InChI is InChI=1S/C12H15F2NO4/c1-6(2)7-3-4-19-10(7)11(16)15-8(12(17)18)5-9(13)14/h3-4,6,8-9H,5H2,1-2H3,(H,15,16)(H,17,18). The normalized spacial score (nSPS) is 12.7. The molecule has 0 aliphatic heterocycles. The fourth-order valence-electron chi connectivity index (χ4n) is 1.58. The summed E-state index contributed by atoms with van der Waals surface area (Å²) in [6.45, 7) is 3.66.